The van der Waals surface area contributed by atoms with Crippen LogP contribution in [-0.2, 0) is 20.3 Å². The van der Waals surface area contributed by atoms with Crippen LogP contribution in [0.5, 0.6) is 0 Å². The Labute approximate surface area is 93.6 Å². The normalized spacial score (nSPS) is 15.1. The summed E-state index contributed by atoms with van der Waals surface area (Å²) in [6, 6.07) is 0. The first kappa shape index (κ1) is 15.0. The first-order valence-electron chi connectivity index (χ1n) is 4.92. The van der Waals surface area contributed by atoms with Gasteiger partial charge in [-0.25, -0.2) is 0 Å². The molecule has 0 aromatic heterocycles. The number of ether oxygens (including phenoxy) is 2. The van der Waals surface area contributed by atoms with Gasteiger partial charge in [0.15, 0.2) is 0 Å². The summed E-state index contributed by atoms with van der Waals surface area (Å²) in [5.74, 6) is 0.773. The van der Waals surface area contributed by atoms with Crippen LogP contribution in [0.4, 0.5) is 0 Å². The van der Waals surface area contributed by atoms with Gasteiger partial charge in [-0.2, -0.15) is 0 Å². The van der Waals surface area contributed by atoms with Gasteiger partial charge in [-0.1, -0.05) is 0 Å². The largest absolute Gasteiger partial charge is 0.391 e. The van der Waals surface area contributed by atoms with Crippen LogP contribution in [0.25, 0.3) is 0 Å². The third kappa shape index (κ3) is 10.3. The topological polar surface area (TPSA) is 67.8 Å². The Morgan fingerprint density at radius 1 is 1.33 bits per heavy atom. The van der Waals surface area contributed by atoms with E-state index in [-0.39, 0.29) is 0 Å². The van der Waals surface area contributed by atoms with E-state index in [4.69, 9.17) is 9.47 Å². The van der Waals surface area contributed by atoms with Crippen LogP contribution in [0.2, 0.25) is 0 Å². The number of methoxy groups -OCH3 is 2. The molecule has 5 nitrogen and oxygen atoms in total. The molecular weight excluding hydrogens is 218 g/mol. The molecule has 0 aromatic rings. The summed E-state index contributed by atoms with van der Waals surface area (Å²) < 4.78 is 21.0. The number of aliphatic hydroxyl groups excluding tert-OH is 1. The van der Waals surface area contributed by atoms with Crippen molar-refractivity contribution in [2.75, 3.05) is 52.0 Å². The molecule has 0 heterocycles. The fourth-order valence-electron chi connectivity index (χ4n) is 0.976. The number of hydrogen-bond acceptors (Lipinski definition) is 5. The van der Waals surface area contributed by atoms with Gasteiger partial charge in [0.2, 0.25) is 0 Å². The third-order valence-electron chi connectivity index (χ3n) is 1.76. The molecule has 0 saturated carbocycles. The van der Waals surface area contributed by atoms with Gasteiger partial charge in [-0.15, -0.1) is 0 Å². The van der Waals surface area contributed by atoms with Gasteiger partial charge in [0, 0.05) is 43.9 Å². The molecule has 0 amide bonds. The quantitative estimate of drug-likeness (QED) is 0.478. The van der Waals surface area contributed by atoms with Crippen molar-refractivity contribution in [1.82, 2.24) is 5.32 Å². The first-order chi connectivity index (χ1) is 7.20. The van der Waals surface area contributed by atoms with E-state index in [9.17, 15) is 9.32 Å². The van der Waals surface area contributed by atoms with Crippen LogP contribution in [-0.4, -0.2) is 67.4 Å². The molecule has 92 valence electrons. The average molecular weight is 239 g/mol. The molecular formula is C9H21NO4S. The van der Waals surface area contributed by atoms with Crippen LogP contribution in [0.3, 0.4) is 0 Å². The third-order valence-corrected chi connectivity index (χ3v) is 3.13. The summed E-state index contributed by atoms with van der Waals surface area (Å²) in [6.45, 7) is 2.22. The molecule has 0 aromatic carbocycles. The summed E-state index contributed by atoms with van der Waals surface area (Å²) in [7, 11) is 2.19. The summed E-state index contributed by atoms with van der Waals surface area (Å²) in [6.07, 6.45) is -0.570. The number of nitrogens with one attached hydrogen (secondary N) is 1. The monoisotopic (exact) mass is 239 g/mol. The van der Waals surface area contributed by atoms with E-state index in [0.717, 1.165) is 0 Å². The van der Waals surface area contributed by atoms with Crippen molar-refractivity contribution < 1.29 is 18.8 Å². The molecule has 0 fully saturated rings. The standard InChI is InChI=1S/C9H21NO4S/c1-13-4-3-10-7-9(11)8-15(12)6-5-14-2/h9-11H,3-8H2,1-2H3. The zero-order valence-corrected chi connectivity index (χ0v) is 10.2. The molecule has 2 unspecified atom stereocenters. The van der Waals surface area contributed by atoms with E-state index in [1.165, 1.54) is 0 Å². The second-order valence-corrected chi connectivity index (χ2v) is 4.78. The second kappa shape index (κ2) is 10.5. The molecule has 6 heteroatoms. The highest BCUT2D eigenvalue weighted by Gasteiger charge is 2.08. The minimum Gasteiger partial charge on any atom is -0.391 e. The molecule has 0 spiro atoms. The Bertz CT molecular complexity index is 168. The van der Waals surface area contributed by atoms with Crippen molar-refractivity contribution in [2.45, 2.75) is 6.10 Å². The van der Waals surface area contributed by atoms with E-state index in [2.05, 4.69) is 5.32 Å². The van der Waals surface area contributed by atoms with E-state index in [1.54, 1.807) is 14.2 Å². The van der Waals surface area contributed by atoms with Crippen molar-refractivity contribution >= 4 is 10.8 Å². The van der Waals surface area contributed by atoms with Crippen molar-refractivity contribution in [3.8, 4) is 0 Å². The Kier molecular flexibility index (Phi) is 10.5. The highest BCUT2D eigenvalue weighted by molar-refractivity contribution is 7.85. The second-order valence-electron chi connectivity index (χ2n) is 3.15. The molecule has 15 heavy (non-hydrogen) atoms. The summed E-state index contributed by atoms with van der Waals surface area (Å²) in [5.41, 5.74) is 0. The molecule has 0 aliphatic rings. The summed E-state index contributed by atoms with van der Waals surface area (Å²) >= 11 is 0. The van der Waals surface area contributed by atoms with Gasteiger partial charge < -0.3 is 19.9 Å². The van der Waals surface area contributed by atoms with E-state index in [0.29, 0.717) is 37.8 Å². The molecule has 2 atom stereocenters. The molecule has 2 N–H and O–H groups in total. The number of hydrogen-bond donors (Lipinski definition) is 2. The SMILES string of the molecule is COCCNCC(O)CS(=O)CCOC. The highest BCUT2D eigenvalue weighted by Crippen LogP contribution is 1.89. The predicted octanol–water partition coefficient (Wildman–Crippen LogP) is -1.02. The van der Waals surface area contributed by atoms with Crippen LogP contribution < -0.4 is 5.32 Å². The summed E-state index contributed by atoms with van der Waals surface area (Å²) in [5, 5.41) is 12.5. The molecule has 0 radical (unpaired) electrons. The van der Waals surface area contributed by atoms with Gasteiger partial charge in [0.05, 0.1) is 25.1 Å². The maximum atomic E-state index is 11.3. The zero-order chi connectivity index (χ0) is 11.5. The van der Waals surface area contributed by atoms with E-state index >= 15 is 0 Å². The van der Waals surface area contributed by atoms with Crippen LogP contribution in [0, 0.1) is 0 Å². The lowest BCUT2D eigenvalue weighted by atomic mass is 10.4. The minimum atomic E-state index is -1.00. The number of aliphatic hydroxyl groups is 1. The van der Waals surface area contributed by atoms with Crippen molar-refractivity contribution in [3.05, 3.63) is 0 Å². The molecule has 0 rings (SSSR count). The summed E-state index contributed by atoms with van der Waals surface area (Å²) in [4.78, 5) is 0. The Morgan fingerprint density at radius 3 is 2.60 bits per heavy atom. The van der Waals surface area contributed by atoms with Crippen molar-refractivity contribution in [1.29, 1.82) is 0 Å². The van der Waals surface area contributed by atoms with Gasteiger partial charge >= 0.3 is 0 Å². The predicted molar refractivity (Wildman–Crippen MR) is 60.5 cm³/mol. The fraction of sp³-hybridized carbons (Fsp3) is 1.00. The average Bonchev–Trinajstić information content (AvgIpc) is 2.21. The van der Waals surface area contributed by atoms with Gasteiger partial charge in [-0.3, -0.25) is 4.21 Å². The lowest BCUT2D eigenvalue weighted by Gasteiger charge is -2.11. The lowest BCUT2D eigenvalue weighted by Crippen LogP contribution is -2.33. The van der Waals surface area contributed by atoms with Gasteiger partial charge in [0.1, 0.15) is 0 Å². The van der Waals surface area contributed by atoms with Crippen LogP contribution in [0.15, 0.2) is 0 Å². The van der Waals surface area contributed by atoms with Crippen LogP contribution >= 0.6 is 0 Å². The minimum absolute atomic E-state index is 0.295. The maximum absolute atomic E-state index is 11.3. The smallest absolute Gasteiger partial charge is 0.0779 e. The Balaban J connectivity index is 3.38. The van der Waals surface area contributed by atoms with Gasteiger partial charge in [-0.05, 0) is 0 Å². The number of rotatable bonds is 10. The van der Waals surface area contributed by atoms with Crippen LogP contribution in [0.1, 0.15) is 0 Å². The first-order valence-corrected chi connectivity index (χ1v) is 6.41. The molecule has 0 saturated heterocycles. The highest BCUT2D eigenvalue weighted by atomic mass is 32.2. The van der Waals surface area contributed by atoms with E-state index in [1.807, 2.05) is 0 Å². The van der Waals surface area contributed by atoms with Crippen molar-refractivity contribution in [3.63, 3.8) is 0 Å². The Morgan fingerprint density at radius 2 is 2.00 bits per heavy atom. The van der Waals surface area contributed by atoms with Gasteiger partial charge in [0.25, 0.3) is 0 Å². The Hall–Kier alpha value is -0.0100. The maximum Gasteiger partial charge on any atom is 0.0779 e. The lowest BCUT2D eigenvalue weighted by molar-refractivity contribution is 0.174. The van der Waals surface area contributed by atoms with E-state index < -0.39 is 16.9 Å². The van der Waals surface area contributed by atoms with Crippen molar-refractivity contribution in [2.24, 2.45) is 0 Å². The molecule has 0 aliphatic heterocycles. The molecule has 0 bridgehead atoms. The zero-order valence-electron chi connectivity index (χ0n) is 9.40. The molecule has 0 aliphatic carbocycles. The fourth-order valence-corrected chi connectivity index (χ4v) is 2.04.